The zero-order valence-corrected chi connectivity index (χ0v) is 9.52. The Morgan fingerprint density at radius 1 is 1.57 bits per heavy atom. The summed E-state index contributed by atoms with van der Waals surface area (Å²) >= 11 is 1.61. The normalized spacial score (nSPS) is 11.6. The van der Waals surface area contributed by atoms with Crippen LogP contribution in [0, 0.1) is 0 Å². The molecule has 0 saturated carbocycles. The molecule has 78 valence electrons. The standard InChI is InChI=1S/C10H15NO2S/c1-10(2,3)7-6-11-8(14-7)4-5-9(12)13/h6H,4-5H2,1-3H3,(H,12,13). The third-order valence-corrected chi connectivity index (χ3v) is 3.33. The number of nitrogens with zero attached hydrogens (tertiary/aromatic N) is 1. The molecule has 1 aromatic rings. The summed E-state index contributed by atoms with van der Waals surface area (Å²) in [4.78, 5) is 15.8. The van der Waals surface area contributed by atoms with Gasteiger partial charge in [-0.2, -0.15) is 0 Å². The van der Waals surface area contributed by atoms with E-state index < -0.39 is 5.97 Å². The summed E-state index contributed by atoms with van der Waals surface area (Å²) in [5, 5.41) is 9.43. The Morgan fingerprint density at radius 3 is 2.64 bits per heavy atom. The number of thiazole rings is 1. The highest BCUT2D eigenvalue weighted by molar-refractivity contribution is 7.11. The molecule has 0 unspecified atom stereocenters. The summed E-state index contributed by atoms with van der Waals surface area (Å²) in [6, 6.07) is 0. The zero-order chi connectivity index (χ0) is 10.8. The summed E-state index contributed by atoms with van der Waals surface area (Å²) < 4.78 is 0. The lowest BCUT2D eigenvalue weighted by atomic mass is 9.96. The Bertz CT molecular complexity index is 325. The molecule has 4 heteroatoms. The van der Waals surface area contributed by atoms with Gasteiger partial charge in [-0.15, -0.1) is 11.3 Å². The molecule has 3 nitrogen and oxygen atoms in total. The van der Waals surface area contributed by atoms with Crippen molar-refractivity contribution in [3.8, 4) is 0 Å². The second kappa shape index (κ2) is 4.09. The summed E-state index contributed by atoms with van der Waals surface area (Å²) in [5.74, 6) is -0.766. The van der Waals surface area contributed by atoms with E-state index in [1.807, 2.05) is 6.20 Å². The Kier molecular flexibility index (Phi) is 3.26. The van der Waals surface area contributed by atoms with Crippen LogP contribution in [0.25, 0.3) is 0 Å². The van der Waals surface area contributed by atoms with Crippen molar-refractivity contribution in [1.29, 1.82) is 0 Å². The fourth-order valence-electron chi connectivity index (χ4n) is 0.986. The predicted octanol–water partition coefficient (Wildman–Crippen LogP) is 2.46. The van der Waals surface area contributed by atoms with Crippen LogP contribution in [0.5, 0.6) is 0 Å². The van der Waals surface area contributed by atoms with E-state index in [0.717, 1.165) is 5.01 Å². The van der Waals surface area contributed by atoms with Crippen molar-refractivity contribution in [3.05, 3.63) is 16.1 Å². The van der Waals surface area contributed by atoms with Crippen LogP contribution in [0.4, 0.5) is 0 Å². The molecule has 1 aromatic heterocycles. The van der Waals surface area contributed by atoms with Gasteiger partial charge in [-0.3, -0.25) is 4.79 Å². The lowest BCUT2D eigenvalue weighted by Gasteiger charge is -2.14. The van der Waals surface area contributed by atoms with Gasteiger partial charge in [0, 0.05) is 17.5 Å². The van der Waals surface area contributed by atoms with Gasteiger partial charge in [0.15, 0.2) is 0 Å². The fourth-order valence-corrected chi connectivity index (χ4v) is 1.96. The molecule has 14 heavy (non-hydrogen) atoms. The van der Waals surface area contributed by atoms with Gasteiger partial charge >= 0.3 is 5.97 Å². The molecule has 0 aliphatic rings. The first-order valence-corrected chi connectivity index (χ1v) is 5.38. The van der Waals surface area contributed by atoms with E-state index in [9.17, 15) is 4.79 Å². The van der Waals surface area contributed by atoms with Gasteiger partial charge in [0.1, 0.15) is 0 Å². The minimum atomic E-state index is -0.766. The molecule has 1 rings (SSSR count). The first-order chi connectivity index (χ1) is 6.39. The molecular weight excluding hydrogens is 198 g/mol. The van der Waals surface area contributed by atoms with E-state index >= 15 is 0 Å². The number of aryl methyl sites for hydroxylation is 1. The number of carbonyl (C=O) groups is 1. The number of rotatable bonds is 3. The van der Waals surface area contributed by atoms with Gasteiger partial charge in [-0.1, -0.05) is 20.8 Å². The first-order valence-electron chi connectivity index (χ1n) is 4.56. The van der Waals surface area contributed by atoms with Crippen molar-refractivity contribution in [2.24, 2.45) is 0 Å². The monoisotopic (exact) mass is 213 g/mol. The highest BCUT2D eigenvalue weighted by atomic mass is 32.1. The Morgan fingerprint density at radius 2 is 2.21 bits per heavy atom. The minimum absolute atomic E-state index is 0.110. The molecule has 0 spiro atoms. The summed E-state index contributed by atoms with van der Waals surface area (Å²) in [5.41, 5.74) is 0.110. The van der Waals surface area contributed by atoms with Crippen LogP contribution in [0.3, 0.4) is 0 Å². The third kappa shape index (κ3) is 3.10. The number of hydrogen-bond acceptors (Lipinski definition) is 3. The van der Waals surface area contributed by atoms with Crippen LogP contribution in [-0.2, 0) is 16.6 Å². The molecule has 1 N–H and O–H groups in total. The molecule has 1 heterocycles. The van der Waals surface area contributed by atoms with Crippen molar-refractivity contribution in [3.63, 3.8) is 0 Å². The van der Waals surface area contributed by atoms with Crippen LogP contribution in [0.1, 0.15) is 37.1 Å². The topological polar surface area (TPSA) is 50.2 Å². The smallest absolute Gasteiger partial charge is 0.303 e. The fraction of sp³-hybridized carbons (Fsp3) is 0.600. The maximum Gasteiger partial charge on any atom is 0.303 e. The number of carboxylic acids is 1. The van der Waals surface area contributed by atoms with Gasteiger partial charge in [0.2, 0.25) is 0 Å². The SMILES string of the molecule is CC(C)(C)c1cnc(CCC(=O)O)s1. The first kappa shape index (κ1) is 11.2. The van der Waals surface area contributed by atoms with Gasteiger partial charge in [0.25, 0.3) is 0 Å². The summed E-state index contributed by atoms with van der Waals surface area (Å²) in [7, 11) is 0. The van der Waals surface area contributed by atoms with E-state index in [0.29, 0.717) is 6.42 Å². The molecule has 0 saturated heterocycles. The molecule has 0 atom stereocenters. The van der Waals surface area contributed by atoms with Crippen molar-refractivity contribution >= 4 is 17.3 Å². The molecule has 0 fully saturated rings. The third-order valence-electron chi connectivity index (χ3n) is 1.85. The van der Waals surface area contributed by atoms with Crippen LogP contribution in [0.2, 0.25) is 0 Å². The molecule has 0 aliphatic heterocycles. The molecule has 0 amide bonds. The largest absolute Gasteiger partial charge is 0.481 e. The maximum atomic E-state index is 10.4. The van der Waals surface area contributed by atoms with E-state index in [-0.39, 0.29) is 11.8 Å². The lowest BCUT2D eigenvalue weighted by Crippen LogP contribution is -2.07. The molecular formula is C10H15NO2S. The maximum absolute atomic E-state index is 10.4. The second-order valence-corrected chi connectivity index (χ2v) is 5.38. The molecule has 0 radical (unpaired) electrons. The van der Waals surface area contributed by atoms with Gasteiger partial charge in [-0.25, -0.2) is 4.98 Å². The predicted molar refractivity (Wildman–Crippen MR) is 56.8 cm³/mol. The Hall–Kier alpha value is -0.900. The van der Waals surface area contributed by atoms with E-state index in [1.165, 1.54) is 4.88 Å². The summed E-state index contributed by atoms with van der Waals surface area (Å²) in [6.45, 7) is 6.38. The molecule has 0 aliphatic carbocycles. The quantitative estimate of drug-likeness (QED) is 0.839. The average Bonchev–Trinajstić information content (AvgIpc) is 2.47. The van der Waals surface area contributed by atoms with Gasteiger partial charge in [-0.05, 0) is 5.41 Å². The number of aliphatic carboxylic acids is 1. The van der Waals surface area contributed by atoms with Crippen molar-refractivity contribution in [1.82, 2.24) is 4.98 Å². The minimum Gasteiger partial charge on any atom is -0.481 e. The van der Waals surface area contributed by atoms with Crippen molar-refractivity contribution in [2.75, 3.05) is 0 Å². The Labute approximate surface area is 87.8 Å². The lowest BCUT2D eigenvalue weighted by molar-refractivity contribution is -0.136. The highest BCUT2D eigenvalue weighted by Crippen LogP contribution is 2.27. The van der Waals surface area contributed by atoms with Crippen LogP contribution in [-0.4, -0.2) is 16.1 Å². The zero-order valence-electron chi connectivity index (χ0n) is 8.70. The van der Waals surface area contributed by atoms with Crippen LogP contribution in [0.15, 0.2) is 6.20 Å². The van der Waals surface area contributed by atoms with Crippen LogP contribution < -0.4 is 0 Å². The van der Waals surface area contributed by atoms with Crippen molar-refractivity contribution < 1.29 is 9.90 Å². The van der Waals surface area contributed by atoms with E-state index in [4.69, 9.17) is 5.11 Å². The second-order valence-electron chi connectivity index (χ2n) is 4.26. The highest BCUT2D eigenvalue weighted by Gasteiger charge is 2.17. The van der Waals surface area contributed by atoms with Crippen LogP contribution >= 0.6 is 11.3 Å². The van der Waals surface area contributed by atoms with E-state index in [2.05, 4.69) is 25.8 Å². The number of carboxylic acid groups (broad SMARTS) is 1. The van der Waals surface area contributed by atoms with Gasteiger partial charge < -0.3 is 5.11 Å². The molecule has 0 aromatic carbocycles. The summed E-state index contributed by atoms with van der Waals surface area (Å²) in [6.07, 6.45) is 2.55. The van der Waals surface area contributed by atoms with Gasteiger partial charge in [0.05, 0.1) is 11.4 Å². The number of aromatic nitrogens is 1. The Balaban J connectivity index is 2.64. The van der Waals surface area contributed by atoms with E-state index in [1.54, 1.807) is 11.3 Å². The van der Waals surface area contributed by atoms with Crippen molar-refractivity contribution in [2.45, 2.75) is 39.0 Å². The molecule has 0 bridgehead atoms. The average molecular weight is 213 g/mol. The number of hydrogen-bond donors (Lipinski definition) is 1.